The predicted molar refractivity (Wildman–Crippen MR) is 65.1 cm³/mol. The molecule has 0 aliphatic heterocycles. The van der Waals surface area contributed by atoms with Crippen molar-refractivity contribution in [3.8, 4) is 28.8 Å². The highest BCUT2D eigenvalue weighted by Gasteiger charge is 2.11. The van der Waals surface area contributed by atoms with Crippen molar-refractivity contribution < 1.29 is 14.6 Å². The zero-order chi connectivity index (χ0) is 13.1. The fourth-order valence-corrected chi connectivity index (χ4v) is 1.57. The molecule has 0 aliphatic rings. The molecule has 0 saturated heterocycles. The number of ether oxygens (including phenoxy) is 2. The van der Waals surface area contributed by atoms with Crippen LogP contribution in [-0.2, 0) is 0 Å². The van der Waals surface area contributed by atoms with Crippen molar-refractivity contribution in [2.24, 2.45) is 0 Å². The van der Waals surface area contributed by atoms with Gasteiger partial charge in [-0.05, 0) is 18.2 Å². The summed E-state index contributed by atoms with van der Waals surface area (Å²) >= 11 is 0. The number of methoxy groups -OCH3 is 2. The van der Waals surface area contributed by atoms with Gasteiger partial charge in [0.15, 0.2) is 0 Å². The predicted octanol–water partition coefficient (Wildman–Crippen LogP) is 1.16. The molecule has 0 atom stereocenters. The third kappa shape index (κ3) is 2.27. The molecule has 0 fully saturated rings. The summed E-state index contributed by atoms with van der Waals surface area (Å²) in [4.78, 5) is 17.7. The Hall–Kier alpha value is -2.50. The number of hydrogen-bond donors (Lipinski definition) is 2. The molecule has 0 bridgehead atoms. The van der Waals surface area contributed by atoms with Gasteiger partial charge in [-0.25, -0.2) is 0 Å². The number of aromatic amines is 1. The molecule has 0 radical (unpaired) electrons. The number of benzene rings is 1. The smallest absolute Gasteiger partial charge is 0.254 e. The molecule has 2 aromatic rings. The van der Waals surface area contributed by atoms with E-state index in [2.05, 4.69) is 9.97 Å². The fourth-order valence-electron chi connectivity index (χ4n) is 1.57. The summed E-state index contributed by atoms with van der Waals surface area (Å²) in [5, 5.41) is 9.34. The van der Waals surface area contributed by atoms with Crippen LogP contribution in [0.4, 0.5) is 0 Å². The van der Waals surface area contributed by atoms with Crippen molar-refractivity contribution in [1.82, 2.24) is 9.97 Å². The lowest BCUT2D eigenvalue weighted by atomic mass is 10.1. The van der Waals surface area contributed by atoms with Crippen molar-refractivity contribution in [3.63, 3.8) is 0 Å². The highest BCUT2D eigenvalue weighted by molar-refractivity contribution is 5.66. The first-order valence-corrected chi connectivity index (χ1v) is 5.17. The molecule has 18 heavy (non-hydrogen) atoms. The summed E-state index contributed by atoms with van der Waals surface area (Å²) in [5.41, 5.74) is 0.0900. The second kappa shape index (κ2) is 4.79. The van der Waals surface area contributed by atoms with Gasteiger partial charge in [-0.1, -0.05) is 0 Å². The zero-order valence-corrected chi connectivity index (χ0v) is 9.93. The lowest BCUT2D eigenvalue weighted by Gasteiger charge is -2.09. The summed E-state index contributed by atoms with van der Waals surface area (Å²) < 4.78 is 10.3. The highest BCUT2D eigenvalue weighted by Crippen LogP contribution is 2.31. The average Bonchev–Trinajstić information content (AvgIpc) is 2.36. The molecule has 0 amide bonds. The van der Waals surface area contributed by atoms with E-state index in [1.807, 2.05) is 0 Å². The molecule has 0 aliphatic carbocycles. The number of H-pyrrole nitrogens is 1. The van der Waals surface area contributed by atoms with E-state index < -0.39 is 5.56 Å². The SMILES string of the molecule is COc1ccc(OC)c(-c2nc(O)cc(=O)[nH]2)c1. The molecule has 6 nitrogen and oxygen atoms in total. The number of rotatable bonds is 3. The second-order valence-electron chi connectivity index (χ2n) is 3.52. The van der Waals surface area contributed by atoms with E-state index in [1.54, 1.807) is 18.2 Å². The first kappa shape index (κ1) is 12.0. The Kier molecular flexibility index (Phi) is 3.18. The minimum absolute atomic E-state index is 0.218. The third-order valence-corrected chi connectivity index (χ3v) is 2.39. The van der Waals surface area contributed by atoms with E-state index in [0.29, 0.717) is 17.1 Å². The molecule has 94 valence electrons. The van der Waals surface area contributed by atoms with Crippen molar-refractivity contribution in [2.75, 3.05) is 14.2 Å². The first-order chi connectivity index (χ1) is 8.63. The molecule has 2 N–H and O–H groups in total. The highest BCUT2D eigenvalue weighted by atomic mass is 16.5. The third-order valence-electron chi connectivity index (χ3n) is 2.39. The van der Waals surface area contributed by atoms with E-state index in [0.717, 1.165) is 6.07 Å². The maximum Gasteiger partial charge on any atom is 0.254 e. The Morgan fingerprint density at radius 1 is 1.22 bits per heavy atom. The van der Waals surface area contributed by atoms with Gasteiger partial charge in [0.05, 0.1) is 25.8 Å². The fraction of sp³-hybridized carbons (Fsp3) is 0.167. The van der Waals surface area contributed by atoms with Gasteiger partial charge in [0.1, 0.15) is 17.3 Å². The summed E-state index contributed by atoms with van der Waals surface area (Å²) in [5.74, 6) is 0.982. The van der Waals surface area contributed by atoms with Crippen molar-refractivity contribution >= 4 is 0 Å². The van der Waals surface area contributed by atoms with Crippen LogP contribution < -0.4 is 15.0 Å². The standard InChI is InChI=1S/C12H12N2O4/c1-17-7-3-4-9(18-2)8(5-7)12-13-10(15)6-11(16)14-12/h3-6H,1-2H3,(H2,13,14,15,16). The molecule has 0 saturated carbocycles. The first-order valence-electron chi connectivity index (χ1n) is 5.17. The lowest BCUT2D eigenvalue weighted by Crippen LogP contribution is -2.07. The Bertz CT molecular complexity index is 622. The molecule has 0 unspecified atom stereocenters. The van der Waals surface area contributed by atoms with Crippen molar-refractivity contribution in [2.45, 2.75) is 0 Å². The summed E-state index contributed by atoms with van der Waals surface area (Å²) in [6.45, 7) is 0. The Balaban J connectivity index is 2.64. The number of nitrogens with zero attached hydrogens (tertiary/aromatic N) is 1. The molecule has 0 spiro atoms. The van der Waals surface area contributed by atoms with Crippen LogP contribution in [0.2, 0.25) is 0 Å². The second-order valence-corrected chi connectivity index (χ2v) is 3.52. The monoisotopic (exact) mass is 248 g/mol. The van der Waals surface area contributed by atoms with Gasteiger partial charge in [0.2, 0.25) is 5.88 Å². The van der Waals surface area contributed by atoms with Gasteiger partial charge >= 0.3 is 0 Å². The Morgan fingerprint density at radius 3 is 2.61 bits per heavy atom. The maximum absolute atomic E-state index is 11.3. The molecule has 1 heterocycles. The van der Waals surface area contributed by atoms with Gasteiger partial charge in [-0.15, -0.1) is 0 Å². The quantitative estimate of drug-likeness (QED) is 0.851. The zero-order valence-electron chi connectivity index (χ0n) is 9.93. The summed E-state index contributed by atoms with van der Waals surface area (Å²) in [6.07, 6.45) is 0. The van der Waals surface area contributed by atoms with Crippen molar-refractivity contribution in [1.29, 1.82) is 0 Å². The number of hydrogen-bond acceptors (Lipinski definition) is 5. The van der Waals surface area contributed by atoms with Gasteiger partial charge in [0, 0.05) is 0 Å². The van der Waals surface area contributed by atoms with Crippen molar-refractivity contribution in [3.05, 3.63) is 34.6 Å². The largest absolute Gasteiger partial charge is 0.497 e. The van der Waals surface area contributed by atoms with Gasteiger partial charge in [-0.2, -0.15) is 4.98 Å². The summed E-state index contributed by atoms with van der Waals surface area (Å²) in [6, 6.07) is 6.08. The van der Waals surface area contributed by atoms with Crippen LogP contribution in [0.1, 0.15) is 0 Å². The van der Waals surface area contributed by atoms with Crippen LogP contribution in [0, 0.1) is 0 Å². The normalized spacial score (nSPS) is 10.1. The van der Waals surface area contributed by atoms with E-state index in [4.69, 9.17) is 9.47 Å². The Morgan fingerprint density at radius 2 is 2.00 bits per heavy atom. The molecular formula is C12H12N2O4. The van der Waals surface area contributed by atoms with E-state index in [-0.39, 0.29) is 11.7 Å². The number of aromatic nitrogens is 2. The van der Waals surface area contributed by atoms with Crippen LogP contribution in [0.3, 0.4) is 0 Å². The maximum atomic E-state index is 11.3. The van der Waals surface area contributed by atoms with Gasteiger partial charge < -0.3 is 19.6 Å². The number of nitrogens with one attached hydrogen (secondary N) is 1. The van der Waals surface area contributed by atoms with Crippen LogP contribution in [0.25, 0.3) is 11.4 Å². The van der Waals surface area contributed by atoms with Gasteiger partial charge in [-0.3, -0.25) is 4.79 Å². The average molecular weight is 248 g/mol. The molecule has 6 heteroatoms. The Labute approximate surface area is 103 Å². The molecule has 1 aromatic heterocycles. The van der Waals surface area contributed by atoms with Crippen LogP contribution in [-0.4, -0.2) is 29.3 Å². The van der Waals surface area contributed by atoms with Crippen LogP contribution in [0.15, 0.2) is 29.1 Å². The van der Waals surface area contributed by atoms with E-state index in [1.165, 1.54) is 14.2 Å². The van der Waals surface area contributed by atoms with E-state index >= 15 is 0 Å². The van der Waals surface area contributed by atoms with Crippen LogP contribution >= 0.6 is 0 Å². The minimum atomic E-state index is -0.442. The number of aromatic hydroxyl groups is 1. The molecule has 2 rings (SSSR count). The molecular weight excluding hydrogens is 236 g/mol. The van der Waals surface area contributed by atoms with E-state index in [9.17, 15) is 9.90 Å². The minimum Gasteiger partial charge on any atom is -0.497 e. The lowest BCUT2D eigenvalue weighted by molar-refractivity contribution is 0.404. The van der Waals surface area contributed by atoms with Gasteiger partial charge in [0.25, 0.3) is 5.56 Å². The topological polar surface area (TPSA) is 84.4 Å². The molecule has 1 aromatic carbocycles. The van der Waals surface area contributed by atoms with Crippen LogP contribution in [0.5, 0.6) is 17.4 Å². The summed E-state index contributed by atoms with van der Waals surface area (Å²) in [7, 11) is 3.04.